The molecule has 6 heteroatoms. The van der Waals surface area contributed by atoms with Crippen LogP contribution in [0, 0.1) is 17.0 Å². The number of nitro groups is 1. The van der Waals surface area contributed by atoms with Crippen molar-refractivity contribution in [3.05, 3.63) is 33.9 Å². The molecule has 1 aromatic rings. The predicted molar refractivity (Wildman–Crippen MR) is 87.2 cm³/mol. The normalized spacial score (nSPS) is 20.3. The van der Waals surface area contributed by atoms with Crippen LogP contribution in [0.4, 0.5) is 11.4 Å². The van der Waals surface area contributed by atoms with Gasteiger partial charge in [-0.05, 0) is 31.4 Å². The highest BCUT2D eigenvalue weighted by molar-refractivity contribution is 8.14. The van der Waals surface area contributed by atoms with E-state index in [4.69, 9.17) is 4.99 Å². The van der Waals surface area contributed by atoms with Crippen LogP contribution in [-0.2, 0) is 0 Å². The number of thioether (sulfide) groups is 1. The highest BCUT2D eigenvalue weighted by Crippen LogP contribution is 2.40. The van der Waals surface area contributed by atoms with Crippen LogP contribution < -0.4 is 5.32 Å². The summed E-state index contributed by atoms with van der Waals surface area (Å²) in [5.74, 6) is 1.06. The molecular weight excluding hydrogens is 286 g/mol. The van der Waals surface area contributed by atoms with E-state index in [1.807, 2.05) is 6.92 Å². The van der Waals surface area contributed by atoms with Crippen molar-refractivity contribution in [3.63, 3.8) is 0 Å². The number of amidine groups is 1. The van der Waals surface area contributed by atoms with Gasteiger partial charge in [0.25, 0.3) is 5.69 Å². The topological polar surface area (TPSA) is 67.5 Å². The van der Waals surface area contributed by atoms with Crippen molar-refractivity contribution in [3.8, 4) is 0 Å². The van der Waals surface area contributed by atoms with E-state index in [-0.39, 0.29) is 16.1 Å². The van der Waals surface area contributed by atoms with Crippen LogP contribution in [0.1, 0.15) is 37.7 Å². The lowest BCUT2D eigenvalue weighted by Gasteiger charge is -2.29. The second-order valence-electron chi connectivity index (χ2n) is 5.87. The monoisotopic (exact) mass is 305 g/mol. The molecule has 0 atom stereocenters. The lowest BCUT2D eigenvalue weighted by Crippen LogP contribution is -2.29. The van der Waals surface area contributed by atoms with Gasteiger partial charge in [-0.1, -0.05) is 31.0 Å². The first-order chi connectivity index (χ1) is 10.1. The maximum atomic E-state index is 10.8. The Labute approximate surface area is 128 Å². The molecule has 0 amide bonds. The second-order valence-corrected chi connectivity index (χ2v) is 6.84. The summed E-state index contributed by atoms with van der Waals surface area (Å²) in [4.78, 5) is 15.3. The van der Waals surface area contributed by atoms with Crippen molar-refractivity contribution in [1.82, 2.24) is 0 Å². The number of non-ortho nitro benzene ring substituents is 1. The molecule has 1 fully saturated rings. The van der Waals surface area contributed by atoms with Crippen molar-refractivity contribution < 1.29 is 4.92 Å². The molecule has 5 nitrogen and oxygen atoms in total. The van der Waals surface area contributed by atoms with Gasteiger partial charge in [0.1, 0.15) is 0 Å². The van der Waals surface area contributed by atoms with Crippen LogP contribution in [-0.4, -0.2) is 21.4 Å². The number of hydrogen-bond donors (Lipinski definition) is 1. The molecule has 0 radical (unpaired) electrons. The van der Waals surface area contributed by atoms with Gasteiger partial charge in [-0.25, -0.2) is 0 Å². The number of anilines is 1. The predicted octanol–water partition coefficient (Wildman–Crippen LogP) is 4.12. The lowest BCUT2D eigenvalue weighted by atomic mass is 9.84. The van der Waals surface area contributed by atoms with Crippen molar-refractivity contribution in [2.24, 2.45) is 4.99 Å². The van der Waals surface area contributed by atoms with E-state index in [9.17, 15) is 10.1 Å². The number of rotatable bonds is 2. The Bertz CT molecular complexity index is 595. The SMILES string of the molecule is Cc1cc([N+](=O)[O-])ccc1NC1=NC2(CCCCC2)CS1. The summed E-state index contributed by atoms with van der Waals surface area (Å²) in [6.45, 7) is 1.88. The van der Waals surface area contributed by atoms with Crippen molar-refractivity contribution in [2.45, 2.75) is 44.6 Å². The minimum absolute atomic E-state index is 0.128. The van der Waals surface area contributed by atoms with E-state index in [0.29, 0.717) is 0 Å². The van der Waals surface area contributed by atoms with Gasteiger partial charge < -0.3 is 5.32 Å². The second kappa shape index (κ2) is 5.67. The average Bonchev–Trinajstić information content (AvgIpc) is 2.84. The molecule has 2 aliphatic rings. The van der Waals surface area contributed by atoms with E-state index >= 15 is 0 Å². The fraction of sp³-hybridized carbons (Fsp3) is 0.533. The molecule has 1 aliphatic carbocycles. The molecule has 3 rings (SSSR count). The zero-order chi connectivity index (χ0) is 14.9. The molecule has 0 unspecified atom stereocenters. The molecule has 0 saturated heterocycles. The smallest absolute Gasteiger partial charge is 0.269 e. The van der Waals surface area contributed by atoms with Gasteiger partial charge in [0.2, 0.25) is 0 Å². The van der Waals surface area contributed by atoms with Gasteiger partial charge in [-0.3, -0.25) is 15.1 Å². The zero-order valence-electron chi connectivity index (χ0n) is 12.1. The standard InChI is InChI=1S/C15H19N3O2S/c1-11-9-12(18(19)20)5-6-13(11)16-14-17-15(10-21-14)7-3-2-4-8-15/h5-6,9H,2-4,7-8,10H2,1H3,(H,16,17). The third-order valence-corrected chi connectivity index (χ3v) is 5.41. The molecule has 1 aromatic carbocycles. The fourth-order valence-corrected chi connectivity index (χ4v) is 4.23. The Morgan fingerprint density at radius 2 is 2.10 bits per heavy atom. The summed E-state index contributed by atoms with van der Waals surface area (Å²) in [6.07, 6.45) is 6.24. The van der Waals surface area contributed by atoms with E-state index < -0.39 is 0 Å². The first-order valence-electron chi connectivity index (χ1n) is 7.33. The Hall–Kier alpha value is -1.56. The Balaban J connectivity index is 1.75. The Morgan fingerprint density at radius 1 is 1.33 bits per heavy atom. The maximum Gasteiger partial charge on any atom is 0.269 e. The van der Waals surface area contributed by atoms with Crippen LogP contribution in [0.3, 0.4) is 0 Å². The summed E-state index contributed by atoms with van der Waals surface area (Å²) in [5.41, 5.74) is 2.04. The molecule has 0 bridgehead atoms. The van der Waals surface area contributed by atoms with Crippen molar-refractivity contribution in [1.29, 1.82) is 0 Å². The van der Waals surface area contributed by atoms with Gasteiger partial charge >= 0.3 is 0 Å². The summed E-state index contributed by atoms with van der Waals surface area (Å²) in [7, 11) is 0. The summed E-state index contributed by atoms with van der Waals surface area (Å²) in [6, 6.07) is 4.90. The van der Waals surface area contributed by atoms with Crippen LogP contribution in [0.25, 0.3) is 0 Å². The highest BCUT2D eigenvalue weighted by atomic mass is 32.2. The molecule has 1 saturated carbocycles. The fourth-order valence-electron chi connectivity index (χ4n) is 3.03. The third kappa shape index (κ3) is 3.05. The van der Waals surface area contributed by atoms with Gasteiger partial charge in [0.15, 0.2) is 5.17 Å². The van der Waals surface area contributed by atoms with Gasteiger partial charge in [0.05, 0.1) is 10.5 Å². The first-order valence-corrected chi connectivity index (χ1v) is 8.31. The zero-order valence-corrected chi connectivity index (χ0v) is 12.9. The van der Waals surface area contributed by atoms with E-state index in [2.05, 4.69) is 5.32 Å². The van der Waals surface area contributed by atoms with Crippen molar-refractivity contribution >= 4 is 28.3 Å². The molecule has 0 aromatic heterocycles. The van der Waals surface area contributed by atoms with Crippen LogP contribution >= 0.6 is 11.8 Å². The number of benzene rings is 1. The minimum atomic E-state index is -0.365. The van der Waals surface area contributed by atoms with E-state index in [1.54, 1.807) is 23.9 Å². The molecule has 1 spiro atoms. The van der Waals surface area contributed by atoms with Crippen molar-refractivity contribution in [2.75, 3.05) is 11.1 Å². The summed E-state index contributed by atoms with van der Waals surface area (Å²) in [5, 5.41) is 15.1. The maximum absolute atomic E-state index is 10.8. The number of nitrogens with zero attached hydrogens (tertiary/aromatic N) is 2. The number of aliphatic imine (C=N–C) groups is 1. The molecule has 1 N–H and O–H groups in total. The number of nitro benzene ring substituents is 1. The molecular formula is C15H19N3O2S. The number of nitrogens with one attached hydrogen (secondary N) is 1. The summed E-state index contributed by atoms with van der Waals surface area (Å²) < 4.78 is 0. The van der Waals surface area contributed by atoms with Crippen LogP contribution in [0.15, 0.2) is 23.2 Å². The summed E-state index contributed by atoms with van der Waals surface area (Å²) >= 11 is 1.77. The first kappa shape index (κ1) is 14.4. The third-order valence-electron chi connectivity index (χ3n) is 4.26. The van der Waals surface area contributed by atoms with Gasteiger partial charge in [-0.15, -0.1) is 0 Å². The largest absolute Gasteiger partial charge is 0.335 e. The Kier molecular flexibility index (Phi) is 3.89. The molecule has 21 heavy (non-hydrogen) atoms. The molecule has 112 valence electrons. The molecule has 1 aliphatic heterocycles. The van der Waals surface area contributed by atoms with Gasteiger partial charge in [-0.2, -0.15) is 0 Å². The number of hydrogen-bond acceptors (Lipinski definition) is 5. The highest BCUT2D eigenvalue weighted by Gasteiger charge is 2.36. The quantitative estimate of drug-likeness (QED) is 0.659. The van der Waals surface area contributed by atoms with E-state index in [1.165, 1.54) is 38.2 Å². The molecule has 1 heterocycles. The van der Waals surface area contributed by atoms with Gasteiger partial charge in [0, 0.05) is 23.6 Å². The minimum Gasteiger partial charge on any atom is -0.335 e. The van der Waals surface area contributed by atoms with E-state index in [0.717, 1.165) is 22.2 Å². The number of aryl methyl sites for hydroxylation is 1. The van der Waals surface area contributed by atoms with Crippen LogP contribution in [0.5, 0.6) is 0 Å². The van der Waals surface area contributed by atoms with Crippen LogP contribution in [0.2, 0.25) is 0 Å². The Morgan fingerprint density at radius 3 is 2.76 bits per heavy atom. The lowest BCUT2D eigenvalue weighted by molar-refractivity contribution is -0.384. The average molecular weight is 305 g/mol.